The molecule has 0 saturated carbocycles. The molecular weight excluding hydrogens is 705 g/mol. The molecule has 2 heterocycles. The lowest BCUT2D eigenvalue weighted by molar-refractivity contribution is -0.186. The Bertz CT molecular complexity index is 1070. The maximum atomic E-state index is 12.4. The van der Waals surface area contributed by atoms with Crippen LogP contribution in [0.2, 0.25) is 0 Å². The summed E-state index contributed by atoms with van der Waals surface area (Å²) in [5, 5.41) is 13.7. The van der Waals surface area contributed by atoms with E-state index in [9.17, 15) is 9.59 Å². The molecule has 2 rings (SSSR count). The van der Waals surface area contributed by atoms with Crippen LogP contribution in [-0.2, 0) is 35.0 Å². The molecule has 0 amide bonds. The second kappa shape index (κ2) is 35.6. The second-order valence-corrected chi connectivity index (χ2v) is 16.0. The molecule has 1 saturated heterocycles. The maximum absolute atomic E-state index is 12.4. The number of nitrogens with zero attached hydrogens (tertiary/aromatic N) is 3. The fourth-order valence-corrected chi connectivity index (χ4v) is 7.26. The molecule has 56 heavy (non-hydrogen) atoms. The zero-order valence-corrected chi connectivity index (χ0v) is 35.9. The normalized spacial score (nSPS) is 15.4. The smallest absolute Gasteiger partial charge is 0.306 e. The molecule has 1 aliphatic rings. The van der Waals surface area contributed by atoms with Gasteiger partial charge in [-0.1, -0.05) is 146 Å². The van der Waals surface area contributed by atoms with Crippen LogP contribution in [0.5, 0.6) is 0 Å². The van der Waals surface area contributed by atoms with E-state index in [1.54, 1.807) is 0 Å². The minimum absolute atomic E-state index is 0.0159. The molecule has 322 valence electrons. The molecule has 1 aliphatic heterocycles. The number of esters is 2. The van der Waals surface area contributed by atoms with Crippen LogP contribution in [0.3, 0.4) is 0 Å². The SMILES string of the molecule is CCCCCCCC/C=C\CCCCCCCC1(CCCCCCC/C=C\CCCCCCCC)OCC(COC(=O)CCC(=O)OCCCc2nn[nH]n2)O1. The Hall–Kier alpha value is -2.59. The number of allylic oxidation sites excluding steroid dienone is 4. The number of nitrogens with one attached hydrogen (secondary N) is 1. The Morgan fingerprint density at radius 2 is 1.11 bits per heavy atom. The van der Waals surface area contributed by atoms with E-state index in [2.05, 4.69) is 58.8 Å². The first-order valence-corrected chi connectivity index (χ1v) is 23.2. The predicted octanol–water partition coefficient (Wildman–Crippen LogP) is 12.2. The Kier molecular flexibility index (Phi) is 31.5. The number of aromatic amines is 1. The molecule has 0 bridgehead atoms. The van der Waals surface area contributed by atoms with Crippen LogP contribution < -0.4 is 0 Å². The number of carbonyl (C=O) groups is 2. The summed E-state index contributed by atoms with van der Waals surface area (Å²) in [6.45, 7) is 5.35. The van der Waals surface area contributed by atoms with E-state index in [-0.39, 0.29) is 32.2 Å². The highest BCUT2D eigenvalue weighted by molar-refractivity contribution is 5.77. The van der Waals surface area contributed by atoms with Gasteiger partial charge in [-0.25, -0.2) is 0 Å². The number of hydrogen-bond donors (Lipinski definition) is 1. The van der Waals surface area contributed by atoms with Gasteiger partial charge in [-0.3, -0.25) is 9.59 Å². The molecular formula is C46H82N4O6. The lowest BCUT2D eigenvalue weighted by atomic mass is 9.99. The van der Waals surface area contributed by atoms with Crippen molar-refractivity contribution in [2.75, 3.05) is 19.8 Å². The Morgan fingerprint density at radius 3 is 1.59 bits per heavy atom. The molecule has 1 fully saturated rings. The van der Waals surface area contributed by atoms with E-state index in [0.29, 0.717) is 25.3 Å². The number of aromatic nitrogens is 4. The summed E-state index contributed by atoms with van der Waals surface area (Å²) in [6, 6.07) is 0. The van der Waals surface area contributed by atoms with Gasteiger partial charge in [-0.15, -0.1) is 10.2 Å². The van der Waals surface area contributed by atoms with Crippen LogP contribution in [0.25, 0.3) is 0 Å². The number of tetrazole rings is 1. The van der Waals surface area contributed by atoms with E-state index in [1.165, 1.54) is 154 Å². The van der Waals surface area contributed by atoms with Crippen LogP contribution in [0.4, 0.5) is 0 Å². The van der Waals surface area contributed by atoms with E-state index in [4.69, 9.17) is 18.9 Å². The summed E-state index contributed by atoms with van der Waals surface area (Å²) in [7, 11) is 0. The average molecular weight is 787 g/mol. The van der Waals surface area contributed by atoms with Gasteiger partial charge in [0.1, 0.15) is 12.7 Å². The molecule has 0 aromatic carbocycles. The van der Waals surface area contributed by atoms with E-state index < -0.39 is 17.7 Å². The van der Waals surface area contributed by atoms with Crippen LogP contribution in [0, 0.1) is 0 Å². The second-order valence-electron chi connectivity index (χ2n) is 16.0. The standard InChI is InChI=1S/C46H82N4O6/c1-3-5-7-9-11-13-15-17-19-21-23-25-27-29-31-37-46(38-32-30-28-26-24-22-20-18-16-14-12-10-8-6-4-2)55-41-42(56-46)40-54-45(52)36-35-44(51)53-39-33-34-43-47-49-50-48-43/h17-20,42H,3-16,21-41H2,1-2H3,(H,47,48,49,50)/b19-17-,20-18-. The lowest BCUT2D eigenvalue weighted by Gasteiger charge is -2.28. The van der Waals surface area contributed by atoms with Crippen molar-refractivity contribution in [3.05, 3.63) is 30.1 Å². The highest BCUT2D eigenvalue weighted by Gasteiger charge is 2.41. The van der Waals surface area contributed by atoms with Crippen molar-refractivity contribution in [3.8, 4) is 0 Å². The molecule has 0 radical (unpaired) electrons. The Labute approximate surface area is 341 Å². The number of H-pyrrole nitrogens is 1. The quantitative estimate of drug-likeness (QED) is 0.0394. The zero-order chi connectivity index (χ0) is 40.0. The van der Waals surface area contributed by atoms with Crippen molar-refractivity contribution < 1.29 is 28.5 Å². The minimum atomic E-state index is -0.596. The third kappa shape index (κ3) is 27.9. The fourth-order valence-electron chi connectivity index (χ4n) is 7.26. The number of rotatable bonds is 39. The number of aryl methyl sites for hydroxylation is 1. The summed E-state index contributed by atoms with van der Waals surface area (Å²) in [5.74, 6) is -0.869. The Morgan fingerprint density at radius 1 is 0.643 bits per heavy atom. The monoisotopic (exact) mass is 787 g/mol. The molecule has 0 aliphatic carbocycles. The highest BCUT2D eigenvalue weighted by Crippen LogP contribution is 2.35. The van der Waals surface area contributed by atoms with Crippen molar-refractivity contribution in [1.82, 2.24) is 20.6 Å². The summed E-state index contributed by atoms with van der Waals surface area (Å²) < 4.78 is 23.7. The van der Waals surface area contributed by atoms with Crippen molar-refractivity contribution >= 4 is 11.9 Å². The van der Waals surface area contributed by atoms with Crippen molar-refractivity contribution in [2.45, 2.75) is 231 Å². The predicted molar refractivity (Wildman–Crippen MR) is 226 cm³/mol. The Balaban J connectivity index is 1.63. The van der Waals surface area contributed by atoms with Gasteiger partial charge in [-0.2, -0.15) is 5.21 Å². The molecule has 1 aromatic rings. The third-order valence-corrected chi connectivity index (χ3v) is 10.7. The average Bonchev–Trinajstić information content (AvgIpc) is 3.88. The summed E-state index contributed by atoms with van der Waals surface area (Å²) in [4.78, 5) is 24.5. The molecule has 10 heteroatoms. The van der Waals surface area contributed by atoms with Gasteiger partial charge in [0.05, 0.1) is 26.1 Å². The summed E-state index contributed by atoms with van der Waals surface area (Å²) >= 11 is 0. The van der Waals surface area contributed by atoms with Gasteiger partial charge >= 0.3 is 11.9 Å². The van der Waals surface area contributed by atoms with Gasteiger partial charge < -0.3 is 18.9 Å². The highest BCUT2D eigenvalue weighted by atomic mass is 16.8. The van der Waals surface area contributed by atoms with Gasteiger partial charge in [0, 0.05) is 19.3 Å². The molecule has 0 spiro atoms. The molecule has 1 N–H and O–H groups in total. The lowest BCUT2D eigenvalue weighted by Crippen LogP contribution is -2.32. The fraction of sp³-hybridized carbons (Fsp3) is 0.848. The number of ether oxygens (including phenoxy) is 4. The number of carbonyl (C=O) groups excluding carboxylic acids is 2. The molecule has 1 unspecified atom stereocenters. The van der Waals surface area contributed by atoms with Crippen molar-refractivity contribution in [1.29, 1.82) is 0 Å². The zero-order valence-electron chi connectivity index (χ0n) is 35.9. The number of hydrogen-bond acceptors (Lipinski definition) is 9. The largest absolute Gasteiger partial charge is 0.466 e. The minimum Gasteiger partial charge on any atom is -0.466 e. The van der Waals surface area contributed by atoms with E-state index in [0.717, 1.165) is 25.7 Å². The van der Waals surface area contributed by atoms with Crippen LogP contribution >= 0.6 is 0 Å². The van der Waals surface area contributed by atoms with Crippen LogP contribution in [0.1, 0.15) is 219 Å². The van der Waals surface area contributed by atoms with Gasteiger partial charge in [0.2, 0.25) is 0 Å². The van der Waals surface area contributed by atoms with Gasteiger partial charge in [0.15, 0.2) is 11.6 Å². The van der Waals surface area contributed by atoms with Gasteiger partial charge in [-0.05, 0) is 70.6 Å². The van der Waals surface area contributed by atoms with Crippen molar-refractivity contribution in [3.63, 3.8) is 0 Å². The first-order chi connectivity index (χ1) is 27.6. The number of unbranched alkanes of at least 4 members (excludes halogenated alkanes) is 22. The topological polar surface area (TPSA) is 126 Å². The van der Waals surface area contributed by atoms with Crippen LogP contribution in [-0.4, -0.2) is 64.3 Å². The van der Waals surface area contributed by atoms with Gasteiger partial charge in [0.25, 0.3) is 0 Å². The first kappa shape index (κ1) is 49.6. The molecule has 1 atom stereocenters. The van der Waals surface area contributed by atoms with E-state index in [1.807, 2.05) is 0 Å². The summed E-state index contributed by atoms with van der Waals surface area (Å²) in [6.07, 6.45) is 45.3. The van der Waals surface area contributed by atoms with E-state index >= 15 is 0 Å². The molecule has 1 aromatic heterocycles. The summed E-state index contributed by atoms with van der Waals surface area (Å²) in [5.41, 5.74) is 0. The maximum Gasteiger partial charge on any atom is 0.306 e. The first-order valence-electron chi connectivity index (χ1n) is 23.2. The van der Waals surface area contributed by atoms with Crippen LogP contribution in [0.15, 0.2) is 24.3 Å². The third-order valence-electron chi connectivity index (χ3n) is 10.7. The molecule has 10 nitrogen and oxygen atoms in total. The van der Waals surface area contributed by atoms with Crippen molar-refractivity contribution in [2.24, 2.45) is 0 Å².